The van der Waals surface area contributed by atoms with Crippen LogP contribution in [-0.2, 0) is 11.3 Å². The predicted octanol–water partition coefficient (Wildman–Crippen LogP) is 2.86. The van der Waals surface area contributed by atoms with Crippen molar-refractivity contribution in [3.8, 4) is 0 Å². The van der Waals surface area contributed by atoms with Crippen molar-refractivity contribution in [1.82, 2.24) is 5.32 Å². The molecule has 0 atom stereocenters. The smallest absolute Gasteiger partial charge is 0.227 e. The van der Waals surface area contributed by atoms with Crippen molar-refractivity contribution in [2.75, 3.05) is 6.54 Å². The van der Waals surface area contributed by atoms with Crippen LogP contribution in [0.2, 0.25) is 0 Å². The molecule has 3 N–H and O–H groups in total. The number of carbonyl (C=O) groups excluding carboxylic acids is 1. The molecule has 1 heterocycles. The highest BCUT2D eigenvalue weighted by Crippen LogP contribution is 2.25. The molecule has 0 aliphatic heterocycles. The highest BCUT2D eigenvalue weighted by molar-refractivity contribution is 7.10. The molecule has 0 aliphatic rings. The van der Waals surface area contributed by atoms with Gasteiger partial charge in [0.05, 0.1) is 12.0 Å². The molecule has 0 spiro atoms. The van der Waals surface area contributed by atoms with E-state index in [1.165, 1.54) is 10.4 Å². The molecular weight excluding hydrogens is 268 g/mol. The third-order valence-electron chi connectivity index (χ3n) is 3.60. The molecule has 18 heavy (non-hydrogen) atoms. The fourth-order valence-corrected chi connectivity index (χ4v) is 2.73. The Morgan fingerprint density at radius 2 is 2.06 bits per heavy atom. The van der Waals surface area contributed by atoms with Crippen LogP contribution in [0.25, 0.3) is 0 Å². The largest absolute Gasteiger partial charge is 0.351 e. The van der Waals surface area contributed by atoms with Gasteiger partial charge in [-0.2, -0.15) is 0 Å². The number of amides is 1. The van der Waals surface area contributed by atoms with Gasteiger partial charge in [-0.15, -0.1) is 23.7 Å². The predicted molar refractivity (Wildman–Crippen MR) is 80.2 cm³/mol. The minimum atomic E-state index is -0.398. The van der Waals surface area contributed by atoms with Crippen LogP contribution in [0.1, 0.15) is 37.1 Å². The lowest BCUT2D eigenvalue weighted by atomic mass is 9.81. The second-order valence-electron chi connectivity index (χ2n) is 4.40. The fraction of sp³-hybridized carbons (Fsp3) is 0.615. The van der Waals surface area contributed by atoms with Crippen molar-refractivity contribution in [3.05, 3.63) is 21.9 Å². The van der Waals surface area contributed by atoms with Gasteiger partial charge >= 0.3 is 0 Å². The Labute approximate surface area is 120 Å². The first-order valence-electron chi connectivity index (χ1n) is 6.11. The first kappa shape index (κ1) is 17.4. The molecule has 0 radical (unpaired) electrons. The Bertz CT molecular complexity index is 367. The van der Waals surface area contributed by atoms with Crippen molar-refractivity contribution in [2.24, 2.45) is 11.1 Å². The van der Waals surface area contributed by atoms with E-state index in [1.54, 1.807) is 11.3 Å². The van der Waals surface area contributed by atoms with E-state index in [1.807, 2.05) is 19.2 Å². The van der Waals surface area contributed by atoms with Crippen LogP contribution < -0.4 is 11.1 Å². The molecular formula is C13H23ClN2OS. The molecule has 1 rings (SSSR count). The van der Waals surface area contributed by atoms with Gasteiger partial charge in [-0.05, 0) is 36.8 Å². The summed E-state index contributed by atoms with van der Waals surface area (Å²) in [6.07, 6.45) is 1.57. The molecule has 0 saturated carbocycles. The Morgan fingerprint density at radius 1 is 1.44 bits per heavy atom. The number of thiophene rings is 1. The molecule has 0 aromatic carbocycles. The average Bonchev–Trinajstić information content (AvgIpc) is 2.75. The summed E-state index contributed by atoms with van der Waals surface area (Å²) in [5.41, 5.74) is 6.59. The monoisotopic (exact) mass is 290 g/mol. The van der Waals surface area contributed by atoms with Crippen LogP contribution in [0.3, 0.4) is 0 Å². The maximum absolute atomic E-state index is 12.2. The van der Waals surface area contributed by atoms with E-state index in [9.17, 15) is 4.79 Å². The molecule has 0 unspecified atom stereocenters. The van der Waals surface area contributed by atoms with Gasteiger partial charge in [-0.25, -0.2) is 0 Å². The maximum Gasteiger partial charge on any atom is 0.227 e. The third-order valence-corrected chi connectivity index (χ3v) is 4.63. The van der Waals surface area contributed by atoms with Crippen LogP contribution in [0.15, 0.2) is 11.4 Å². The van der Waals surface area contributed by atoms with Gasteiger partial charge in [0.15, 0.2) is 0 Å². The Morgan fingerprint density at radius 3 is 2.44 bits per heavy atom. The van der Waals surface area contributed by atoms with Crippen molar-refractivity contribution in [2.45, 2.75) is 40.2 Å². The number of halogens is 1. The molecule has 0 bridgehead atoms. The zero-order valence-electron chi connectivity index (χ0n) is 11.3. The number of hydrogen-bond donors (Lipinski definition) is 2. The average molecular weight is 291 g/mol. The SMILES string of the molecule is CCC(CC)(CN)C(=O)NCc1sccc1C.Cl. The summed E-state index contributed by atoms with van der Waals surface area (Å²) in [7, 11) is 0. The second kappa shape index (κ2) is 7.77. The van der Waals surface area contributed by atoms with E-state index in [0.717, 1.165) is 12.8 Å². The van der Waals surface area contributed by atoms with Crippen LogP contribution in [0.5, 0.6) is 0 Å². The van der Waals surface area contributed by atoms with Crippen molar-refractivity contribution < 1.29 is 4.79 Å². The van der Waals surface area contributed by atoms with Crippen molar-refractivity contribution in [3.63, 3.8) is 0 Å². The normalized spacial score (nSPS) is 10.9. The van der Waals surface area contributed by atoms with Crippen molar-refractivity contribution in [1.29, 1.82) is 0 Å². The Hall–Kier alpha value is -0.580. The standard InChI is InChI=1S/C13H22N2OS.ClH/c1-4-13(5-2,9-14)12(16)15-8-11-10(3)6-7-17-11;/h6-7H,4-5,8-9,14H2,1-3H3,(H,15,16);1H. The summed E-state index contributed by atoms with van der Waals surface area (Å²) in [5.74, 6) is 0.0813. The number of aryl methyl sites for hydroxylation is 1. The quantitative estimate of drug-likeness (QED) is 0.846. The molecule has 3 nitrogen and oxygen atoms in total. The lowest BCUT2D eigenvalue weighted by Crippen LogP contribution is -2.44. The lowest BCUT2D eigenvalue weighted by Gasteiger charge is -2.28. The zero-order valence-corrected chi connectivity index (χ0v) is 12.9. The number of nitrogens with one attached hydrogen (secondary N) is 1. The van der Waals surface area contributed by atoms with Crippen LogP contribution >= 0.6 is 23.7 Å². The number of hydrogen-bond acceptors (Lipinski definition) is 3. The topological polar surface area (TPSA) is 55.1 Å². The van der Waals surface area contributed by atoms with E-state index in [2.05, 4.69) is 18.3 Å². The summed E-state index contributed by atoms with van der Waals surface area (Å²) in [5, 5.41) is 5.06. The summed E-state index contributed by atoms with van der Waals surface area (Å²) in [4.78, 5) is 13.4. The van der Waals surface area contributed by atoms with Gasteiger partial charge in [0.25, 0.3) is 0 Å². The van der Waals surface area contributed by atoms with E-state index in [4.69, 9.17) is 5.73 Å². The minimum Gasteiger partial charge on any atom is -0.351 e. The third kappa shape index (κ3) is 3.70. The Kier molecular flexibility index (Phi) is 7.52. The zero-order chi connectivity index (χ0) is 12.9. The Balaban J connectivity index is 0.00000289. The first-order valence-corrected chi connectivity index (χ1v) is 6.99. The molecule has 1 amide bonds. The van der Waals surface area contributed by atoms with E-state index >= 15 is 0 Å². The number of rotatable bonds is 6. The van der Waals surface area contributed by atoms with Crippen LogP contribution in [0.4, 0.5) is 0 Å². The molecule has 1 aromatic heterocycles. The fourth-order valence-electron chi connectivity index (χ4n) is 1.89. The summed E-state index contributed by atoms with van der Waals surface area (Å²) < 4.78 is 0. The minimum absolute atomic E-state index is 0. The van der Waals surface area contributed by atoms with Crippen LogP contribution in [-0.4, -0.2) is 12.5 Å². The number of nitrogens with two attached hydrogens (primary N) is 1. The highest BCUT2D eigenvalue weighted by atomic mass is 35.5. The van der Waals surface area contributed by atoms with Crippen molar-refractivity contribution >= 4 is 29.7 Å². The van der Waals surface area contributed by atoms with Gasteiger partial charge in [0.2, 0.25) is 5.91 Å². The first-order chi connectivity index (χ1) is 8.09. The summed E-state index contributed by atoms with van der Waals surface area (Å²) >= 11 is 1.68. The lowest BCUT2D eigenvalue weighted by molar-refractivity contribution is -0.131. The molecule has 0 saturated heterocycles. The van der Waals surface area contributed by atoms with E-state index in [0.29, 0.717) is 13.1 Å². The number of carbonyl (C=O) groups is 1. The molecule has 5 heteroatoms. The highest BCUT2D eigenvalue weighted by Gasteiger charge is 2.32. The maximum atomic E-state index is 12.2. The van der Waals surface area contributed by atoms with Gasteiger partial charge in [0.1, 0.15) is 0 Å². The van der Waals surface area contributed by atoms with Gasteiger partial charge in [-0.1, -0.05) is 13.8 Å². The van der Waals surface area contributed by atoms with Gasteiger partial charge in [0, 0.05) is 11.4 Å². The summed E-state index contributed by atoms with van der Waals surface area (Å²) in [6, 6.07) is 2.07. The van der Waals surface area contributed by atoms with E-state index in [-0.39, 0.29) is 18.3 Å². The van der Waals surface area contributed by atoms with Gasteiger partial charge < -0.3 is 11.1 Å². The summed E-state index contributed by atoms with van der Waals surface area (Å²) in [6.45, 7) is 7.13. The van der Waals surface area contributed by atoms with E-state index < -0.39 is 5.41 Å². The second-order valence-corrected chi connectivity index (χ2v) is 5.40. The molecule has 0 aliphatic carbocycles. The molecule has 104 valence electrons. The van der Waals surface area contributed by atoms with Gasteiger partial charge in [-0.3, -0.25) is 4.79 Å². The molecule has 0 fully saturated rings. The van der Waals surface area contributed by atoms with Crippen LogP contribution in [0, 0.1) is 12.3 Å². The molecule has 1 aromatic rings.